The molecule has 0 spiro atoms. The molecule has 0 bridgehead atoms. The highest BCUT2D eigenvalue weighted by molar-refractivity contribution is 6.04. The summed E-state index contributed by atoms with van der Waals surface area (Å²) >= 11 is 0. The van der Waals surface area contributed by atoms with E-state index in [1.54, 1.807) is 16.6 Å². The van der Waals surface area contributed by atoms with E-state index in [9.17, 15) is 4.79 Å². The van der Waals surface area contributed by atoms with E-state index in [0.29, 0.717) is 29.4 Å². The Morgan fingerprint density at radius 3 is 2.81 bits per heavy atom. The van der Waals surface area contributed by atoms with Crippen LogP contribution in [0.2, 0.25) is 0 Å². The van der Waals surface area contributed by atoms with E-state index in [1.165, 1.54) is 0 Å². The normalized spacial score (nSPS) is 14.4. The van der Waals surface area contributed by atoms with Gasteiger partial charge >= 0.3 is 0 Å². The predicted molar refractivity (Wildman–Crippen MR) is 119 cm³/mol. The average molecular weight is 413 g/mol. The summed E-state index contributed by atoms with van der Waals surface area (Å²) in [6.07, 6.45) is 3.99. The standard InChI is InChI=1S/C24H23N5O2/c1-16-14-29-21(26-16)8-9-22(28-29)31-20-7-3-6-19(13-20)27-23(30)17-4-2-5-18(12-17)24(15-25)10-11-24/h2-9,12-14H,10-11,15,25H2,1H3,(H,27,30). The van der Waals surface area contributed by atoms with Crippen LogP contribution in [0.15, 0.2) is 66.9 Å². The summed E-state index contributed by atoms with van der Waals surface area (Å²) in [6, 6.07) is 18.6. The number of amides is 1. The maximum absolute atomic E-state index is 12.8. The molecule has 1 amide bonds. The van der Waals surface area contributed by atoms with Crippen molar-refractivity contribution >= 4 is 17.2 Å². The SMILES string of the molecule is Cc1cn2nc(Oc3cccc(NC(=O)c4cccc(C5(CN)CC5)c4)c3)ccc2n1. The predicted octanol–water partition coefficient (Wildman–Crippen LogP) is 4.07. The van der Waals surface area contributed by atoms with Gasteiger partial charge in [0.2, 0.25) is 5.88 Å². The van der Waals surface area contributed by atoms with Gasteiger partial charge in [-0.15, -0.1) is 5.10 Å². The first-order valence-corrected chi connectivity index (χ1v) is 10.3. The third kappa shape index (κ3) is 3.87. The smallest absolute Gasteiger partial charge is 0.255 e. The van der Waals surface area contributed by atoms with Crippen molar-refractivity contribution in [3.05, 3.63) is 83.7 Å². The van der Waals surface area contributed by atoms with Crippen LogP contribution in [0.5, 0.6) is 11.6 Å². The summed E-state index contributed by atoms with van der Waals surface area (Å²) in [5, 5.41) is 7.36. The average Bonchev–Trinajstić information content (AvgIpc) is 3.49. The molecule has 0 saturated heterocycles. The number of nitrogens with two attached hydrogens (primary N) is 1. The van der Waals surface area contributed by atoms with Gasteiger partial charge in [-0.25, -0.2) is 9.50 Å². The van der Waals surface area contributed by atoms with Crippen LogP contribution < -0.4 is 15.8 Å². The lowest BCUT2D eigenvalue weighted by molar-refractivity contribution is 0.102. The number of hydrogen-bond donors (Lipinski definition) is 2. The molecule has 3 N–H and O–H groups in total. The van der Waals surface area contributed by atoms with E-state index in [-0.39, 0.29) is 11.3 Å². The number of fused-ring (bicyclic) bond motifs is 1. The summed E-state index contributed by atoms with van der Waals surface area (Å²) in [5.74, 6) is 0.855. The molecule has 4 aromatic rings. The molecule has 0 atom stereocenters. The van der Waals surface area contributed by atoms with Crippen molar-refractivity contribution in [2.75, 3.05) is 11.9 Å². The molecule has 5 rings (SSSR count). The fraction of sp³-hybridized carbons (Fsp3) is 0.208. The molecule has 2 aromatic heterocycles. The zero-order valence-corrected chi connectivity index (χ0v) is 17.2. The van der Waals surface area contributed by atoms with E-state index in [2.05, 4.69) is 21.5 Å². The second-order valence-corrected chi connectivity index (χ2v) is 8.01. The first kappa shape index (κ1) is 19.3. The second kappa shape index (κ2) is 7.52. The van der Waals surface area contributed by atoms with Gasteiger partial charge in [0, 0.05) is 35.3 Å². The maximum atomic E-state index is 12.8. The van der Waals surface area contributed by atoms with Crippen LogP contribution in [0.25, 0.3) is 5.65 Å². The van der Waals surface area contributed by atoms with Crippen molar-refractivity contribution in [1.82, 2.24) is 14.6 Å². The topological polar surface area (TPSA) is 94.5 Å². The first-order valence-electron chi connectivity index (χ1n) is 10.3. The highest BCUT2D eigenvalue weighted by Crippen LogP contribution is 2.47. The molecule has 2 heterocycles. The third-order valence-corrected chi connectivity index (χ3v) is 5.71. The maximum Gasteiger partial charge on any atom is 0.255 e. The van der Waals surface area contributed by atoms with Gasteiger partial charge in [-0.1, -0.05) is 18.2 Å². The molecular formula is C24H23N5O2. The Hall–Kier alpha value is -3.71. The Labute approximate surface area is 179 Å². The molecular weight excluding hydrogens is 390 g/mol. The molecule has 31 heavy (non-hydrogen) atoms. The first-order chi connectivity index (χ1) is 15.0. The van der Waals surface area contributed by atoms with Gasteiger partial charge in [0.15, 0.2) is 5.65 Å². The number of aryl methyl sites for hydroxylation is 1. The van der Waals surface area contributed by atoms with Crippen molar-refractivity contribution in [2.24, 2.45) is 5.73 Å². The molecule has 1 aliphatic rings. The number of aromatic nitrogens is 3. The Balaban J connectivity index is 1.32. The lowest BCUT2D eigenvalue weighted by Gasteiger charge is -2.14. The van der Waals surface area contributed by atoms with Gasteiger partial charge in [0.25, 0.3) is 5.91 Å². The zero-order chi connectivity index (χ0) is 21.4. The summed E-state index contributed by atoms with van der Waals surface area (Å²) < 4.78 is 7.56. The van der Waals surface area contributed by atoms with Crippen LogP contribution >= 0.6 is 0 Å². The van der Waals surface area contributed by atoms with E-state index >= 15 is 0 Å². The number of carbonyl (C=O) groups excluding carboxylic acids is 1. The van der Waals surface area contributed by atoms with E-state index in [1.807, 2.05) is 55.6 Å². The number of rotatable bonds is 6. The van der Waals surface area contributed by atoms with Crippen molar-refractivity contribution < 1.29 is 9.53 Å². The van der Waals surface area contributed by atoms with Crippen LogP contribution in [-0.4, -0.2) is 27.0 Å². The fourth-order valence-electron chi connectivity index (χ4n) is 3.75. The van der Waals surface area contributed by atoms with E-state index in [0.717, 1.165) is 29.7 Å². The van der Waals surface area contributed by atoms with Gasteiger partial charge < -0.3 is 15.8 Å². The lowest BCUT2D eigenvalue weighted by atomic mass is 9.94. The molecule has 0 radical (unpaired) electrons. The summed E-state index contributed by atoms with van der Waals surface area (Å²) in [5.41, 5.74) is 10.0. The number of hydrogen-bond acceptors (Lipinski definition) is 5. The van der Waals surface area contributed by atoms with Crippen LogP contribution in [0.1, 0.15) is 34.5 Å². The van der Waals surface area contributed by atoms with Crippen molar-refractivity contribution in [2.45, 2.75) is 25.2 Å². The van der Waals surface area contributed by atoms with Gasteiger partial charge in [0.05, 0.1) is 11.9 Å². The molecule has 1 saturated carbocycles. The molecule has 7 heteroatoms. The Bertz CT molecular complexity index is 1280. The molecule has 1 aliphatic carbocycles. The Kier molecular flexibility index (Phi) is 4.67. The van der Waals surface area contributed by atoms with Crippen LogP contribution in [0.4, 0.5) is 5.69 Å². The molecule has 0 aliphatic heterocycles. The molecule has 2 aromatic carbocycles. The molecule has 0 unspecified atom stereocenters. The monoisotopic (exact) mass is 413 g/mol. The molecule has 1 fully saturated rings. The summed E-state index contributed by atoms with van der Waals surface area (Å²) in [6.45, 7) is 2.52. The van der Waals surface area contributed by atoms with E-state index < -0.39 is 0 Å². The number of anilines is 1. The number of nitrogens with zero attached hydrogens (tertiary/aromatic N) is 3. The lowest BCUT2D eigenvalue weighted by Crippen LogP contribution is -2.20. The molecule has 156 valence electrons. The summed E-state index contributed by atoms with van der Waals surface area (Å²) in [4.78, 5) is 17.2. The number of benzene rings is 2. The zero-order valence-electron chi connectivity index (χ0n) is 17.2. The second-order valence-electron chi connectivity index (χ2n) is 8.01. The van der Waals surface area contributed by atoms with Crippen molar-refractivity contribution in [3.8, 4) is 11.6 Å². The largest absolute Gasteiger partial charge is 0.438 e. The van der Waals surface area contributed by atoms with Gasteiger partial charge in [-0.2, -0.15) is 0 Å². The Morgan fingerprint density at radius 1 is 1.16 bits per heavy atom. The number of ether oxygens (including phenoxy) is 1. The van der Waals surface area contributed by atoms with Crippen LogP contribution in [-0.2, 0) is 5.41 Å². The van der Waals surface area contributed by atoms with E-state index in [4.69, 9.17) is 10.5 Å². The number of imidazole rings is 1. The summed E-state index contributed by atoms with van der Waals surface area (Å²) in [7, 11) is 0. The minimum absolute atomic E-state index is 0.0475. The molecule has 7 nitrogen and oxygen atoms in total. The van der Waals surface area contributed by atoms with Gasteiger partial charge in [0.1, 0.15) is 5.75 Å². The van der Waals surface area contributed by atoms with Gasteiger partial charge in [-0.3, -0.25) is 4.79 Å². The van der Waals surface area contributed by atoms with Crippen LogP contribution in [0, 0.1) is 6.92 Å². The van der Waals surface area contributed by atoms with Crippen molar-refractivity contribution in [3.63, 3.8) is 0 Å². The minimum Gasteiger partial charge on any atom is -0.438 e. The Morgan fingerprint density at radius 2 is 2.00 bits per heavy atom. The van der Waals surface area contributed by atoms with Crippen molar-refractivity contribution in [1.29, 1.82) is 0 Å². The third-order valence-electron chi connectivity index (χ3n) is 5.71. The van der Waals surface area contributed by atoms with Crippen LogP contribution in [0.3, 0.4) is 0 Å². The fourth-order valence-corrected chi connectivity index (χ4v) is 3.75. The highest BCUT2D eigenvalue weighted by atomic mass is 16.5. The minimum atomic E-state index is -0.166. The number of carbonyl (C=O) groups is 1. The number of nitrogens with one attached hydrogen (secondary N) is 1. The highest BCUT2D eigenvalue weighted by Gasteiger charge is 2.42. The quantitative estimate of drug-likeness (QED) is 0.497. The van der Waals surface area contributed by atoms with Gasteiger partial charge in [-0.05, 0) is 55.7 Å².